The van der Waals surface area contributed by atoms with Crippen LogP contribution < -0.4 is 9.13 Å². The monoisotopic (exact) mass is 727 g/mol. The van der Waals surface area contributed by atoms with Crippen LogP contribution in [0.4, 0.5) is 0 Å². The molecule has 5 aromatic carbocycles. The van der Waals surface area contributed by atoms with Gasteiger partial charge in [-0.05, 0) is 111 Å². The maximum absolute atomic E-state index is 4.84. The van der Waals surface area contributed by atoms with Crippen molar-refractivity contribution in [1.29, 1.82) is 0 Å². The molecule has 0 aliphatic carbocycles. The predicted molar refractivity (Wildman–Crippen MR) is 230 cm³/mol. The summed E-state index contributed by atoms with van der Waals surface area (Å²) in [7, 11) is 0. The Morgan fingerprint density at radius 1 is 0.655 bits per heavy atom. The van der Waals surface area contributed by atoms with Crippen LogP contribution >= 0.6 is 11.3 Å². The van der Waals surface area contributed by atoms with Crippen molar-refractivity contribution in [2.75, 3.05) is 0 Å². The van der Waals surface area contributed by atoms with Crippen molar-refractivity contribution < 1.29 is 9.13 Å². The summed E-state index contributed by atoms with van der Waals surface area (Å²) in [5.74, 6) is 0. The summed E-state index contributed by atoms with van der Waals surface area (Å²) >= 11 is 1.91. The van der Waals surface area contributed by atoms with Crippen molar-refractivity contribution in [2.24, 2.45) is 0 Å². The molecule has 0 amide bonds. The second-order valence-corrected chi connectivity index (χ2v) is 17.8. The zero-order chi connectivity index (χ0) is 37.0. The summed E-state index contributed by atoms with van der Waals surface area (Å²) < 4.78 is 10.3. The number of rotatable bonds is 0. The molecule has 3 nitrogen and oxygen atoms in total. The lowest BCUT2D eigenvalue weighted by Gasteiger charge is -2.47. The number of benzene rings is 5. The zero-order valence-corrected chi connectivity index (χ0v) is 32.5. The van der Waals surface area contributed by atoms with E-state index in [2.05, 4.69) is 169 Å². The molecule has 4 heteroatoms. The lowest BCUT2D eigenvalue weighted by molar-refractivity contribution is -0.766. The predicted octanol–water partition coefficient (Wildman–Crippen LogP) is 12.2. The lowest BCUT2D eigenvalue weighted by atomic mass is 9.59. The van der Waals surface area contributed by atoms with E-state index in [0.717, 1.165) is 25.0 Å². The molecule has 0 N–H and O–H groups in total. The van der Waals surface area contributed by atoms with Crippen LogP contribution in [-0.2, 0) is 17.4 Å². The number of fused-ring (bicyclic) bond motifs is 18. The zero-order valence-electron chi connectivity index (χ0n) is 31.7. The highest BCUT2D eigenvalue weighted by Crippen LogP contribution is 2.54. The van der Waals surface area contributed by atoms with Crippen LogP contribution in [-0.4, -0.2) is 4.40 Å². The maximum Gasteiger partial charge on any atom is 0.218 e. The minimum absolute atomic E-state index is 0.236. The molecule has 2 unspecified atom stereocenters. The molecular weight excluding hydrogens is 687 g/mol. The molecule has 0 spiro atoms. The molecule has 7 heterocycles. The average Bonchev–Trinajstić information content (AvgIpc) is 3.84. The van der Waals surface area contributed by atoms with Gasteiger partial charge in [-0.2, -0.15) is 9.13 Å². The lowest BCUT2D eigenvalue weighted by Crippen LogP contribution is -2.68. The molecule has 264 valence electrons. The molecule has 0 radical (unpaired) electrons. The minimum atomic E-state index is -0.302. The highest BCUT2D eigenvalue weighted by molar-refractivity contribution is 7.25. The molecular formula is C51H41N3S+2. The van der Waals surface area contributed by atoms with Gasteiger partial charge in [-0.25, -0.2) is 0 Å². The Morgan fingerprint density at radius 3 is 2.22 bits per heavy atom. The van der Waals surface area contributed by atoms with Crippen molar-refractivity contribution in [2.45, 2.75) is 57.9 Å². The van der Waals surface area contributed by atoms with Gasteiger partial charge in [0.15, 0.2) is 23.6 Å². The van der Waals surface area contributed by atoms with Gasteiger partial charge >= 0.3 is 0 Å². The Kier molecular flexibility index (Phi) is 6.12. The van der Waals surface area contributed by atoms with Crippen LogP contribution in [0.5, 0.6) is 0 Å². The number of allylic oxidation sites excluding steroid dienone is 1. The molecule has 0 fully saturated rings. The van der Waals surface area contributed by atoms with Crippen molar-refractivity contribution >= 4 is 75.3 Å². The van der Waals surface area contributed by atoms with Crippen molar-refractivity contribution in [3.63, 3.8) is 0 Å². The van der Waals surface area contributed by atoms with Gasteiger partial charge < -0.3 is 4.40 Å². The SMILES string of the molecule is C=C1CC2(C)[n+]3ccccc3-c3cc4c5c(C)cc(C)c6c7cc8c(cc7n(c4cc3C2(C)CCc2ccccc2-c2cccc[n+]21)c56)sc1ccccc18. The molecule has 0 bridgehead atoms. The van der Waals surface area contributed by atoms with Crippen molar-refractivity contribution in [3.8, 4) is 22.5 Å². The second kappa shape index (κ2) is 10.7. The van der Waals surface area contributed by atoms with Crippen molar-refractivity contribution in [3.05, 3.63) is 156 Å². The standard InChI is InChI=1S/C51H41N3S/c1-30-24-31(2)48-39-26-37-40(27-43(39)54-44-28-46-36(25-38(44)47(30)49(48)54)35-16-8-9-19-45(35)55-46)50(4)21-20-33-14-6-7-15-34(33)41-17-10-12-22-52(41)32(3)29-51(50,5)53-23-13-11-18-42(37)53/h6-19,22-28H,3,20-21,29H2,1-2,4-5H3/q+2. The Balaban J connectivity index is 1.20. The summed E-state index contributed by atoms with van der Waals surface area (Å²) in [6.45, 7) is 14.5. The molecule has 2 aliphatic rings. The topological polar surface area (TPSA) is 12.2 Å². The van der Waals surface area contributed by atoms with Gasteiger partial charge in [0.25, 0.3) is 0 Å². The molecule has 5 aromatic heterocycles. The second-order valence-electron chi connectivity index (χ2n) is 16.7. The van der Waals surface area contributed by atoms with Crippen LogP contribution in [0.1, 0.15) is 48.9 Å². The smallest absolute Gasteiger partial charge is 0.218 e. The number of aryl methyl sites for hydroxylation is 3. The molecule has 55 heavy (non-hydrogen) atoms. The fourth-order valence-electron chi connectivity index (χ4n) is 11.2. The van der Waals surface area contributed by atoms with E-state index in [9.17, 15) is 0 Å². The maximum atomic E-state index is 4.84. The Bertz CT molecular complexity index is 3320. The summed E-state index contributed by atoms with van der Waals surface area (Å²) in [6, 6.07) is 43.8. The van der Waals surface area contributed by atoms with E-state index >= 15 is 0 Å². The fourth-order valence-corrected chi connectivity index (χ4v) is 12.3. The first-order valence-electron chi connectivity index (χ1n) is 19.6. The van der Waals surface area contributed by atoms with E-state index in [0.29, 0.717) is 0 Å². The van der Waals surface area contributed by atoms with Crippen molar-refractivity contribution in [1.82, 2.24) is 4.40 Å². The Labute approximate surface area is 324 Å². The summed E-state index contributed by atoms with van der Waals surface area (Å²) in [5.41, 5.74) is 15.2. The van der Waals surface area contributed by atoms with Gasteiger partial charge in [0.05, 0.1) is 33.9 Å². The molecule has 2 atom stereocenters. The van der Waals surface area contributed by atoms with Crippen LogP contribution in [0, 0.1) is 13.8 Å². The first-order valence-corrected chi connectivity index (χ1v) is 20.4. The number of pyridine rings is 2. The summed E-state index contributed by atoms with van der Waals surface area (Å²) in [5, 5.41) is 8.17. The minimum Gasteiger partial charge on any atom is -0.308 e. The average molecular weight is 728 g/mol. The highest BCUT2D eigenvalue weighted by Gasteiger charge is 2.59. The van der Waals surface area contributed by atoms with E-state index in [1.807, 2.05) is 11.3 Å². The third-order valence-corrected chi connectivity index (χ3v) is 15.1. The summed E-state index contributed by atoms with van der Waals surface area (Å²) in [4.78, 5) is 0. The fraction of sp³-hybridized carbons (Fsp3) is 0.176. The number of aromatic nitrogens is 3. The summed E-state index contributed by atoms with van der Waals surface area (Å²) in [6.07, 6.45) is 7.32. The van der Waals surface area contributed by atoms with Crippen LogP contribution in [0.25, 0.3) is 86.5 Å². The van der Waals surface area contributed by atoms with E-state index in [4.69, 9.17) is 6.58 Å². The quantitative estimate of drug-likeness (QED) is 0.138. The first kappa shape index (κ1) is 31.5. The van der Waals surface area contributed by atoms with E-state index in [1.54, 1.807) is 0 Å². The molecule has 0 saturated carbocycles. The van der Waals surface area contributed by atoms with Gasteiger partial charge in [0.2, 0.25) is 11.4 Å². The third-order valence-electron chi connectivity index (χ3n) is 14.0. The van der Waals surface area contributed by atoms with Gasteiger partial charge in [0.1, 0.15) is 0 Å². The Hall–Kier alpha value is -5.84. The van der Waals surface area contributed by atoms with Gasteiger partial charge in [-0.3, -0.25) is 0 Å². The number of thiophene rings is 1. The Morgan fingerprint density at radius 2 is 1.36 bits per heavy atom. The van der Waals surface area contributed by atoms with E-state index in [1.165, 1.54) is 103 Å². The van der Waals surface area contributed by atoms with Crippen LogP contribution in [0.2, 0.25) is 0 Å². The molecule has 0 saturated heterocycles. The van der Waals surface area contributed by atoms with Crippen LogP contribution in [0.15, 0.2) is 134 Å². The number of hydrogen-bond acceptors (Lipinski definition) is 1. The van der Waals surface area contributed by atoms with Crippen LogP contribution in [0.3, 0.4) is 0 Å². The van der Waals surface area contributed by atoms with E-state index in [-0.39, 0.29) is 11.0 Å². The number of nitrogens with zero attached hydrogens (tertiary/aromatic N) is 3. The highest BCUT2D eigenvalue weighted by atomic mass is 32.1. The largest absolute Gasteiger partial charge is 0.308 e. The third kappa shape index (κ3) is 3.90. The van der Waals surface area contributed by atoms with Gasteiger partial charge in [-0.15, -0.1) is 11.3 Å². The van der Waals surface area contributed by atoms with Gasteiger partial charge in [-0.1, -0.05) is 42.5 Å². The van der Waals surface area contributed by atoms with Gasteiger partial charge in [0, 0.05) is 78.5 Å². The normalized spacial score (nSPS) is 19.6. The first-order chi connectivity index (χ1) is 26.7. The molecule has 2 aliphatic heterocycles. The molecule has 12 rings (SSSR count). The number of hydrogen-bond donors (Lipinski definition) is 0. The van der Waals surface area contributed by atoms with E-state index < -0.39 is 0 Å². The molecule has 10 aromatic rings.